The second kappa shape index (κ2) is 6.39. The summed E-state index contributed by atoms with van der Waals surface area (Å²) in [7, 11) is 0. The van der Waals surface area contributed by atoms with Crippen LogP contribution >= 0.6 is 12.4 Å². The maximum Gasteiger partial charge on any atom is 0.0805 e. The Morgan fingerprint density at radius 3 is 2.35 bits per heavy atom. The third-order valence-corrected chi connectivity index (χ3v) is 3.02. The molecule has 1 rings (SSSR count). The van der Waals surface area contributed by atoms with Crippen molar-refractivity contribution in [1.29, 1.82) is 0 Å². The molecule has 1 aromatic rings. The zero-order chi connectivity index (χ0) is 12.3. The summed E-state index contributed by atoms with van der Waals surface area (Å²) in [4.78, 5) is 0. The lowest BCUT2D eigenvalue weighted by Crippen LogP contribution is -2.36. The van der Waals surface area contributed by atoms with E-state index in [1.165, 1.54) is 5.56 Å². The highest BCUT2D eigenvalue weighted by Crippen LogP contribution is 2.26. The highest BCUT2D eigenvalue weighted by atomic mass is 35.5. The van der Waals surface area contributed by atoms with Gasteiger partial charge in [0.1, 0.15) is 0 Å². The average molecular weight is 258 g/mol. The second-order valence-electron chi connectivity index (χ2n) is 5.64. The first-order chi connectivity index (χ1) is 7.30. The number of halogens is 1. The van der Waals surface area contributed by atoms with Crippen LogP contribution in [0.25, 0.3) is 0 Å². The third kappa shape index (κ3) is 5.07. The van der Waals surface area contributed by atoms with Crippen LogP contribution in [0.1, 0.15) is 44.4 Å². The molecule has 17 heavy (non-hydrogen) atoms. The summed E-state index contributed by atoms with van der Waals surface area (Å²) >= 11 is 0. The zero-order valence-electron chi connectivity index (χ0n) is 11.1. The smallest absolute Gasteiger partial charge is 0.0805 e. The number of hydrogen-bond acceptors (Lipinski definition) is 2. The van der Waals surface area contributed by atoms with Gasteiger partial charge in [0.25, 0.3) is 0 Å². The SMILES string of the molecule is Cc1cccc([C@H](O)C[C@@H](N)C(C)(C)C)c1.Cl. The number of aliphatic hydroxyl groups excluding tert-OH is 1. The standard InChI is InChI=1S/C14H23NO.ClH/c1-10-6-5-7-11(8-10)12(16)9-13(15)14(2,3)4;/h5-8,12-13,16H,9,15H2,1-4H3;1H/t12-,13-;/m1./s1. The normalized spacial score (nSPS) is 14.9. The van der Waals surface area contributed by atoms with Gasteiger partial charge in [0.05, 0.1) is 6.10 Å². The van der Waals surface area contributed by atoms with Crippen molar-refractivity contribution in [3.05, 3.63) is 35.4 Å². The van der Waals surface area contributed by atoms with Gasteiger partial charge in [-0.05, 0) is 24.3 Å². The van der Waals surface area contributed by atoms with Gasteiger partial charge >= 0.3 is 0 Å². The van der Waals surface area contributed by atoms with Crippen LogP contribution in [-0.4, -0.2) is 11.1 Å². The van der Waals surface area contributed by atoms with E-state index >= 15 is 0 Å². The van der Waals surface area contributed by atoms with Crippen molar-refractivity contribution < 1.29 is 5.11 Å². The van der Waals surface area contributed by atoms with Crippen molar-refractivity contribution in [2.45, 2.75) is 46.3 Å². The molecule has 0 aromatic heterocycles. The van der Waals surface area contributed by atoms with E-state index in [1.54, 1.807) is 0 Å². The summed E-state index contributed by atoms with van der Waals surface area (Å²) in [6.45, 7) is 8.32. The van der Waals surface area contributed by atoms with E-state index in [-0.39, 0.29) is 23.9 Å². The van der Waals surface area contributed by atoms with Gasteiger partial charge in [-0.3, -0.25) is 0 Å². The van der Waals surface area contributed by atoms with Gasteiger partial charge in [-0.15, -0.1) is 12.4 Å². The number of hydrogen-bond donors (Lipinski definition) is 2. The average Bonchev–Trinajstić information content (AvgIpc) is 2.16. The molecule has 0 heterocycles. The molecule has 3 N–H and O–H groups in total. The molecule has 0 amide bonds. The molecular weight excluding hydrogens is 234 g/mol. The maximum atomic E-state index is 10.1. The van der Waals surface area contributed by atoms with E-state index in [0.717, 1.165) is 5.56 Å². The van der Waals surface area contributed by atoms with E-state index in [0.29, 0.717) is 6.42 Å². The minimum absolute atomic E-state index is 0. The van der Waals surface area contributed by atoms with Crippen LogP contribution in [-0.2, 0) is 0 Å². The van der Waals surface area contributed by atoms with Gasteiger partial charge in [0, 0.05) is 6.04 Å². The van der Waals surface area contributed by atoms with Gasteiger partial charge in [0.2, 0.25) is 0 Å². The Labute approximate surface area is 111 Å². The largest absolute Gasteiger partial charge is 0.388 e. The van der Waals surface area contributed by atoms with Crippen LogP contribution in [0.4, 0.5) is 0 Å². The molecule has 0 saturated heterocycles. The van der Waals surface area contributed by atoms with Crippen LogP contribution < -0.4 is 5.73 Å². The summed E-state index contributed by atoms with van der Waals surface area (Å²) in [6, 6.07) is 7.96. The Balaban J connectivity index is 0.00000256. The minimum atomic E-state index is -0.464. The Kier molecular flexibility index (Phi) is 6.17. The number of aliphatic hydroxyl groups is 1. The van der Waals surface area contributed by atoms with E-state index < -0.39 is 6.10 Å². The first-order valence-electron chi connectivity index (χ1n) is 5.81. The van der Waals surface area contributed by atoms with Gasteiger partial charge in [0.15, 0.2) is 0 Å². The lowest BCUT2D eigenvalue weighted by atomic mass is 9.83. The summed E-state index contributed by atoms with van der Waals surface area (Å²) < 4.78 is 0. The predicted molar refractivity (Wildman–Crippen MR) is 75.4 cm³/mol. The zero-order valence-corrected chi connectivity index (χ0v) is 11.9. The second-order valence-corrected chi connectivity index (χ2v) is 5.64. The van der Waals surface area contributed by atoms with Gasteiger partial charge in [-0.2, -0.15) is 0 Å². The lowest BCUT2D eigenvalue weighted by Gasteiger charge is -2.29. The molecule has 0 spiro atoms. The Bertz CT molecular complexity index is 346. The van der Waals surface area contributed by atoms with Crippen molar-refractivity contribution in [3.63, 3.8) is 0 Å². The fourth-order valence-corrected chi connectivity index (χ4v) is 1.61. The van der Waals surface area contributed by atoms with E-state index in [2.05, 4.69) is 20.8 Å². The van der Waals surface area contributed by atoms with Gasteiger partial charge in [-0.1, -0.05) is 50.6 Å². The summed E-state index contributed by atoms with van der Waals surface area (Å²) in [5.41, 5.74) is 8.23. The Hall–Kier alpha value is -0.570. The molecule has 98 valence electrons. The molecule has 0 radical (unpaired) electrons. The van der Waals surface area contributed by atoms with Crippen LogP contribution in [0, 0.1) is 12.3 Å². The number of benzene rings is 1. The molecule has 0 bridgehead atoms. The summed E-state index contributed by atoms with van der Waals surface area (Å²) in [5, 5.41) is 10.1. The van der Waals surface area contributed by atoms with Crippen molar-refractivity contribution in [1.82, 2.24) is 0 Å². The van der Waals surface area contributed by atoms with E-state index in [1.807, 2.05) is 31.2 Å². The quantitative estimate of drug-likeness (QED) is 0.874. The molecule has 0 unspecified atom stereocenters. The van der Waals surface area contributed by atoms with Crippen molar-refractivity contribution in [2.24, 2.45) is 11.1 Å². The first kappa shape index (κ1) is 16.4. The number of nitrogens with two attached hydrogens (primary N) is 1. The molecule has 2 nitrogen and oxygen atoms in total. The monoisotopic (exact) mass is 257 g/mol. The fraction of sp³-hybridized carbons (Fsp3) is 0.571. The maximum absolute atomic E-state index is 10.1. The number of aryl methyl sites for hydroxylation is 1. The van der Waals surface area contributed by atoms with Crippen molar-refractivity contribution in [3.8, 4) is 0 Å². The molecule has 0 aliphatic rings. The first-order valence-corrected chi connectivity index (χ1v) is 5.81. The Morgan fingerprint density at radius 2 is 1.88 bits per heavy atom. The number of rotatable bonds is 3. The Morgan fingerprint density at radius 1 is 1.29 bits per heavy atom. The highest BCUT2D eigenvalue weighted by molar-refractivity contribution is 5.85. The molecule has 0 saturated carbocycles. The predicted octanol–water partition coefficient (Wildman–Crippen LogP) is 3.21. The minimum Gasteiger partial charge on any atom is -0.388 e. The molecule has 3 heteroatoms. The van der Waals surface area contributed by atoms with E-state index in [4.69, 9.17) is 5.73 Å². The van der Waals surface area contributed by atoms with Crippen LogP contribution in [0.15, 0.2) is 24.3 Å². The van der Waals surface area contributed by atoms with Crippen LogP contribution in [0.3, 0.4) is 0 Å². The lowest BCUT2D eigenvalue weighted by molar-refractivity contribution is 0.133. The molecule has 0 aliphatic heterocycles. The van der Waals surface area contributed by atoms with Gasteiger partial charge in [-0.25, -0.2) is 0 Å². The molecule has 0 aliphatic carbocycles. The molecule has 1 aromatic carbocycles. The topological polar surface area (TPSA) is 46.2 Å². The van der Waals surface area contributed by atoms with Crippen LogP contribution in [0.2, 0.25) is 0 Å². The summed E-state index contributed by atoms with van der Waals surface area (Å²) in [6.07, 6.45) is 0.140. The van der Waals surface area contributed by atoms with Crippen molar-refractivity contribution in [2.75, 3.05) is 0 Å². The molecular formula is C14H24ClNO. The molecule has 2 atom stereocenters. The van der Waals surface area contributed by atoms with Crippen molar-refractivity contribution >= 4 is 12.4 Å². The third-order valence-electron chi connectivity index (χ3n) is 3.02. The van der Waals surface area contributed by atoms with Gasteiger partial charge < -0.3 is 10.8 Å². The summed E-state index contributed by atoms with van der Waals surface area (Å²) in [5.74, 6) is 0. The molecule has 0 fully saturated rings. The van der Waals surface area contributed by atoms with Crippen LogP contribution in [0.5, 0.6) is 0 Å². The van der Waals surface area contributed by atoms with E-state index in [9.17, 15) is 5.11 Å². The highest BCUT2D eigenvalue weighted by Gasteiger charge is 2.23. The fourth-order valence-electron chi connectivity index (χ4n) is 1.61.